The van der Waals surface area contributed by atoms with Crippen molar-refractivity contribution in [3.63, 3.8) is 0 Å². The Labute approximate surface area is 56.4 Å². The average molecular weight is 129 g/mol. The van der Waals surface area contributed by atoms with Gasteiger partial charge in [-0.1, -0.05) is 6.92 Å². The molecular weight excluding hydrogens is 114 g/mol. The average Bonchev–Trinajstić information content (AvgIpc) is 2.38. The second kappa shape index (κ2) is 2.27. The van der Waals surface area contributed by atoms with E-state index in [1.807, 2.05) is 0 Å². The predicted molar refractivity (Wildman–Crippen MR) is 37.2 cm³/mol. The summed E-state index contributed by atoms with van der Waals surface area (Å²) in [6, 6.07) is 0.295. The van der Waals surface area contributed by atoms with E-state index in [9.17, 15) is 0 Å². The van der Waals surface area contributed by atoms with Crippen LogP contribution in [-0.4, -0.2) is 18.2 Å². The summed E-state index contributed by atoms with van der Waals surface area (Å²) < 4.78 is 5.48. The van der Waals surface area contributed by atoms with Crippen molar-refractivity contribution in [1.82, 2.24) is 0 Å². The molecule has 1 aliphatic rings. The van der Waals surface area contributed by atoms with Crippen LogP contribution in [0.3, 0.4) is 0 Å². The van der Waals surface area contributed by atoms with Gasteiger partial charge >= 0.3 is 0 Å². The highest BCUT2D eigenvalue weighted by Gasteiger charge is 2.48. The molecule has 0 unspecified atom stereocenters. The maximum absolute atomic E-state index is 5.62. The van der Waals surface area contributed by atoms with E-state index in [0.717, 1.165) is 19.4 Å². The van der Waals surface area contributed by atoms with Crippen molar-refractivity contribution in [2.24, 2.45) is 5.73 Å². The van der Waals surface area contributed by atoms with Crippen LogP contribution in [0.5, 0.6) is 0 Å². The fraction of sp³-hybridized carbons (Fsp3) is 1.00. The third kappa shape index (κ3) is 1.43. The molecule has 0 radical (unpaired) electrons. The summed E-state index contributed by atoms with van der Waals surface area (Å²) in [5.41, 5.74) is 5.65. The third-order valence-corrected chi connectivity index (χ3v) is 1.89. The van der Waals surface area contributed by atoms with E-state index in [4.69, 9.17) is 10.5 Å². The van der Waals surface area contributed by atoms with Crippen molar-refractivity contribution >= 4 is 0 Å². The molecule has 2 nitrogen and oxygen atoms in total. The maximum Gasteiger partial charge on any atom is 0.0821 e. The molecule has 0 aromatic carbocycles. The van der Waals surface area contributed by atoms with Crippen molar-refractivity contribution in [1.29, 1.82) is 0 Å². The highest BCUT2D eigenvalue weighted by molar-refractivity contribution is 5.05. The Kier molecular flexibility index (Phi) is 1.78. The number of hydrogen-bond donors (Lipinski definition) is 1. The van der Waals surface area contributed by atoms with E-state index in [1.54, 1.807) is 0 Å². The first-order valence-corrected chi connectivity index (χ1v) is 3.58. The van der Waals surface area contributed by atoms with Crippen LogP contribution < -0.4 is 5.73 Å². The fourth-order valence-electron chi connectivity index (χ4n) is 0.879. The quantitative estimate of drug-likeness (QED) is 0.614. The number of nitrogens with two attached hydrogens (primary N) is 1. The number of hydrogen-bond acceptors (Lipinski definition) is 2. The standard InChI is InChI=1S/C7H15NO/c1-3-4-9-7(2)5-6(7)8/h6H,3-5,8H2,1-2H3/t6-,7+/m0/s1. The molecule has 1 saturated carbocycles. The first-order valence-electron chi connectivity index (χ1n) is 3.58. The van der Waals surface area contributed by atoms with Gasteiger partial charge in [0.2, 0.25) is 0 Å². The van der Waals surface area contributed by atoms with Crippen molar-refractivity contribution in [3.05, 3.63) is 0 Å². The van der Waals surface area contributed by atoms with Gasteiger partial charge in [-0.05, 0) is 19.8 Å². The summed E-state index contributed by atoms with van der Waals surface area (Å²) in [5.74, 6) is 0. The summed E-state index contributed by atoms with van der Waals surface area (Å²) in [4.78, 5) is 0. The Hall–Kier alpha value is -0.0800. The highest BCUT2D eigenvalue weighted by atomic mass is 16.5. The van der Waals surface area contributed by atoms with Crippen molar-refractivity contribution in [2.75, 3.05) is 6.61 Å². The van der Waals surface area contributed by atoms with Gasteiger partial charge in [-0.25, -0.2) is 0 Å². The molecule has 9 heavy (non-hydrogen) atoms. The van der Waals surface area contributed by atoms with E-state index in [1.165, 1.54) is 0 Å². The Morgan fingerprint density at radius 2 is 2.33 bits per heavy atom. The molecule has 0 bridgehead atoms. The molecule has 1 rings (SSSR count). The number of ether oxygens (including phenoxy) is 1. The molecule has 0 saturated heterocycles. The lowest BCUT2D eigenvalue weighted by Gasteiger charge is -2.09. The van der Waals surface area contributed by atoms with Crippen LogP contribution in [-0.2, 0) is 4.74 Å². The molecular formula is C7H15NO. The minimum atomic E-state index is 0.0377. The third-order valence-electron chi connectivity index (χ3n) is 1.89. The second-order valence-electron chi connectivity index (χ2n) is 2.97. The zero-order valence-electron chi connectivity index (χ0n) is 6.18. The van der Waals surface area contributed by atoms with Crippen LogP contribution >= 0.6 is 0 Å². The molecule has 0 aromatic rings. The lowest BCUT2D eigenvalue weighted by Crippen LogP contribution is -2.20. The Morgan fingerprint density at radius 1 is 1.78 bits per heavy atom. The fourth-order valence-corrected chi connectivity index (χ4v) is 0.879. The van der Waals surface area contributed by atoms with Gasteiger partial charge in [-0.2, -0.15) is 0 Å². The topological polar surface area (TPSA) is 35.2 Å². The van der Waals surface area contributed by atoms with Gasteiger partial charge in [0, 0.05) is 12.6 Å². The minimum Gasteiger partial charge on any atom is -0.374 e. The second-order valence-corrected chi connectivity index (χ2v) is 2.97. The van der Waals surface area contributed by atoms with Crippen molar-refractivity contribution < 1.29 is 4.74 Å². The molecule has 2 heteroatoms. The molecule has 54 valence electrons. The summed E-state index contributed by atoms with van der Waals surface area (Å²) >= 11 is 0. The maximum atomic E-state index is 5.62. The molecule has 1 aliphatic carbocycles. The van der Waals surface area contributed by atoms with Gasteiger partial charge in [0.1, 0.15) is 0 Å². The molecule has 0 aromatic heterocycles. The van der Waals surface area contributed by atoms with E-state index in [2.05, 4.69) is 13.8 Å². The molecule has 0 amide bonds. The molecule has 0 spiro atoms. The normalized spacial score (nSPS) is 41.0. The first kappa shape index (κ1) is 7.03. The number of rotatable bonds is 3. The Bertz CT molecular complexity index is 105. The van der Waals surface area contributed by atoms with Crippen LogP contribution in [0.25, 0.3) is 0 Å². The Balaban J connectivity index is 2.13. The predicted octanol–water partition coefficient (Wildman–Crippen LogP) is 0.903. The van der Waals surface area contributed by atoms with Crippen LogP contribution in [0, 0.1) is 0 Å². The van der Waals surface area contributed by atoms with E-state index < -0.39 is 0 Å². The summed E-state index contributed by atoms with van der Waals surface area (Å²) in [6.45, 7) is 5.04. The monoisotopic (exact) mass is 129 g/mol. The van der Waals surface area contributed by atoms with Gasteiger partial charge in [0.25, 0.3) is 0 Å². The van der Waals surface area contributed by atoms with Gasteiger partial charge in [-0.15, -0.1) is 0 Å². The minimum absolute atomic E-state index is 0.0377. The van der Waals surface area contributed by atoms with Crippen LogP contribution in [0.2, 0.25) is 0 Å². The van der Waals surface area contributed by atoms with Gasteiger partial charge < -0.3 is 10.5 Å². The molecule has 0 heterocycles. The van der Waals surface area contributed by atoms with Crippen LogP contribution in [0.1, 0.15) is 26.7 Å². The largest absolute Gasteiger partial charge is 0.374 e. The molecule has 0 aliphatic heterocycles. The Morgan fingerprint density at radius 3 is 2.67 bits per heavy atom. The summed E-state index contributed by atoms with van der Waals surface area (Å²) in [6.07, 6.45) is 2.12. The van der Waals surface area contributed by atoms with E-state index in [0.29, 0.717) is 6.04 Å². The molecule has 2 atom stereocenters. The van der Waals surface area contributed by atoms with Crippen LogP contribution in [0.15, 0.2) is 0 Å². The lowest BCUT2D eigenvalue weighted by molar-refractivity contribution is 0.0427. The zero-order chi connectivity index (χ0) is 6.91. The van der Waals surface area contributed by atoms with Crippen LogP contribution in [0.4, 0.5) is 0 Å². The highest BCUT2D eigenvalue weighted by Crippen LogP contribution is 2.37. The lowest BCUT2D eigenvalue weighted by atomic mass is 10.4. The smallest absolute Gasteiger partial charge is 0.0821 e. The van der Waals surface area contributed by atoms with Gasteiger partial charge in [-0.3, -0.25) is 0 Å². The van der Waals surface area contributed by atoms with Crippen molar-refractivity contribution in [2.45, 2.75) is 38.3 Å². The van der Waals surface area contributed by atoms with E-state index >= 15 is 0 Å². The van der Waals surface area contributed by atoms with Gasteiger partial charge in [0.15, 0.2) is 0 Å². The van der Waals surface area contributed by atoms with Gasteiger partial charge in [0.05, 0.1) is 5.60 Å². The molecule has 1 fully saturated rings. The first-order chi connectivity index (χ1) is 4.19. The van der Waals surface area contributed by atoms with Crippen molar-refractivity contribution in [3.8, 4) is 0 Å². The summed E-state index contributed by atoms with van der Waals surface area (Å²) in [5, 5.41) is 0. The SMILES string of the molecule is CCCO[C@]1(C)C[C@@H]1N. The summed E-state index contributed by atoms with van der Waals surface area (Å²) in [7, 11) is 0. The van der Waals surface area contributed by atoms with E-state index in [-0.39, 0.29) is 5.60 Å². The molecule has 2 N–H and O–H groups in total. The zero-order valence-corrected chi connectivity index (χ0v) is 6.18.